The Kier molecular flexibility index (Phi) is 5.15. The Morgan fingerprint density at radius 2 is 2.13 bits per heavy atom. The minimum absolute atomic E-state index is 0.158. The molecule has 0 fully saturated rings. The number of methoxy groups -OCH3 is 1. The molecule has 84 valence electrons. The lowest BCUT2D eigenvalue weighted by Crippen LogP contribution is -2.18. The van der Waals surface area contributed by atoms with Gasteiger partial charge in [-0.2, -0.15) is 0 Å². The smallest absolute Gasteiger partial charge is 0.122 e. The van der Waals surface area contributed by atoms with Gasteiger partial charge < -0.3 is 15.6 Å². The van der Waals surface area contributed by atoms with Crippen molar-refractivity contribution in [2.24, 2.45) is 11.7 Å². The molecule has 1 rings (SSSR count). The summed E-state index contributed by atoms with van der Waals surface area (Å²) in [6.07, 6.45) is 1.79. The lowest BCUT2D eigenvalue weighted by molar-refractivity contribution is 0.223. The van der Waals surface area contributed by atoms with E-state index in [1.54, 1.807) is 7.11 Å². The lowest BCUT2D eigenvalue weighted by Gasteiger charge is -2.12. The Labute approximate surface area is 90.9 Å². The number of aliphatic hydroxyl groups excluding tert-OH is 1. The van der Waals surface area contributed by atoms with Crippen molar-refractivity contribution in [3.05, 3.63) is 29.8 Å². The van der Waals surface area contributed by atoms with Crippen LogP contribution in [0.1, 0.15) is 12.0 Å². The minimum atomic E-state index is 0.158. The first-order valence-corrected chi connectivity index (χ1v) is 5.24. The Bertz CT molecular complexity index is 285. The van der Waals surface area contributed by atoms with E-state index in [0.29, 0.717) is 6.54 Å². The predicted octanol–water partition coefficient (Wildman–Crippen LogP) is 1.19. The van der Waals surface area contributed by atoms with Gasteiger partial charge in [0.1, 0.15) is 5.75 Å². The van der Waals surface area contributed by atoms with Crippen molar-refractivity contribution in [1.82, 2.24) is 0 Å². The van der Waals surface area contributed by atoms with Crippen LogP contribution < -0.4 is 10.5 Å². The molecular formula is C12H19NO2. The highest BCUT2D eigenvalue weighted by atomic mass is 16.5. The Balaban J connectivity index is 2.56. The summed E-state index contributed by atoms with van der Waals surface area (Å²) in [5.41, 5.74) is 6.70. The van der Waals surface area contributed by atoms with Crippen LogP contribution in [-0.2, 0) is 6.42 Å². The van der Waals surface area contributed by atoms with E-state index in [2.05, 4.69) is 0 Å². The van der Waals surface area contributed by atoms with E-state index in [0.717, 1.165) is 18.6 Å². The van der Waals surface area contributed by atoms with Crippen LogP contribution in [0.25, 0.3) is 0 Å². The molecule has 1 unspecified atom stereocenters. The molecule has 1 atom stereocenters. The van der Waals surface area contributed by atoms with Crippen molar-refractivity contribution in [2.75, 3.05) is 20.3 Å². The topological polar surface area (TPSA) is 55.5 Å². The van der Waals surface area contributed by atoms with Gasteiger partial charge in [0.15, 0.2) is 0 Å². The fourth-order valence-electron chi connectivity index (χ4n) is 1.55. The number of aryl methyl sites for hydroxylation is 1. The summed E-state index contributed by atoms with van der Waals surface area (Å²) in [5, 5.41) is 9.02. The zero-order chi connectivity index (χ0) is 11.1. The molecule has 1 aromatic carbocycles. The maximum Gasteiger partial charge on any atom is 0.122 e. The van der Waals surface area contributed by atoms with Gasteiger partial charge in [-0.05, 0) is 36.9 Å². The van der Waals surface area contributed by atoms with Crippen molar-refractivity contribution >= 4 is 0 Å². The quantitative estimate of drug-likeness (QED) is 0.740. The van der Waals surface area contributed by atoms with Crippen LogP contribution >= 0.6 is 0 Å². The molecule has 0 bridgehead atoms. The highest BCUT2D eigenvalue weighted by Gasteiger charge is 2.07. The SMILES string of the molecule is COc1ccccc1CCC(CN)CO. The summed E-state index contributed by atoms with van der Waals surface area (Å²) in [6.45, 7) is 0.692. The molecule has 1 aromatic rings. The van der Waals surface area contributed by atoms with Gasteiger partial charge in [0, 0.05) is 6.61 Å². The van der Waals surface area contributed by atoms with E-state index in [1.165, 1.54) is 5.56 Å². The molecule has 3 N–H and O–H groups in total. The molecule has 3 nitrogen and oxygen atoms in total. The molecule has 0 spiro atoms. The summed E-state index contributed by atoms with van der Waals surface area (Å²) in [7, 11) is 1.67. The molecule has 0 aliphatic carbocycles. The third-order valence-electron chi connectivity index (χ3n) is 2.61. The normalized spacial score (nSPS) is 12.5. The van der Waals surface area contributed by atoms with Crippen LogP contribution in [-0.4, -0.2) is 25.4 Å². The molecule has 15 heavy (non-hydrogen) atoms. The summed E-state index contributed by atoms with van der Waals surface area (Å²) >= 11 is 0. The second-order valence-corrected chi connectivity index (χ2v) is 3.63. The van der Waals surface area contributed by atoms with Crippen molar-refractivity contribution in [3.63, 3.8) is 0 Å². The number of rotatable bonds is 6. The third-order valence-corrected chi connectivity index (χ3v) is 2.61. The maximum absolute atomic E-state index is 9.02. The van der Waals surface area contributed by atoms with Crippen LogP contribution in [0, 0.1) is 5.92 Å². The van der Waals surface area contributed by atoms with Crippen molar-refractivity contribution in [2.45, 2.75) is 12.8 Å². The molecule has 0 amide bonds. The summed E-state index contributed by atoms with van der Waals surface area (Å²) in [5.74, 6) is 1.10. The number of hydrogen-bond donors (Lipinski definition) is 2. The number of aliphatic hydroxyl groups is 1. The van der Waals surface area contributed by atoms with E-state index in [-0.39, 0.29) is 12.5 Å². The zero-order valence-corrected chi connectivity index (χ0v) is 9.15. The van der Waals surface area contributed by atoms with Gasteiger partial charge in [-0.25, -0.2) is 0 Å². The van der Waals surface area contributed by atoms with Crippen molar-refractivity contribution < 1.29 is 9.84 Å². The van der Waals surface area contributed by atoms with Gasteiger partial charge >= 0.3 is 0 Å². The van der Waals surface area contributed by atoms with Gasteiger partial charge in [0.2, 0.25) is 0 Å². The van der Waals surface area contributed by atoms with Crippen LogP contribution in [0.2, 0.25) is 0 Å². The van der Waals surface area contributed by atoms with Crippen LogP contribution in [0.3, 0.4) is 0 Å². The first-order chi connectivity index (χ1) is 7.31. The Morgan fingerprint density at radius 1 is 1.40 bits per heavy atom. The minimum Gasteiger partial charge on any atom is -0.496 e. The number of para-hydroxylation sites is 1. The summed E-state index contributed by atoms with van der Waals surface area (Å²) in [6, 6.07) is 7.94. The average Bonchev–Trinajstić information content (AvgIpc) is 2.31. The number of benzene rings is 1. The van der Waals surface area contributed by atoms with Gasteiger partial charge in [-0.15, -0.1) is 0 Å². The monoisotopic (exact) mass is 209 g/mol. The van der Waals surface area contributed by atoms with E-state index >= 15 is 0 Å². The van der Waals surface area contributed by atoms with Crippen LogP contribution in [0.15, 0.2) is 24.3 Å². The standard InChI is InChI=1S/C12H19NO2/c1-15-12-5-3-2-4-11(12)7-6-10(8-13)9-14/h2-5,10,14H,6-9,13H2,1H3. The first-order valence-electron chi connectivity index (χ1n) is 5.24. The predicted molar refractivity (Wildman–Crippen MR) is 60.9 cm³/mol. The lowest BCUT2D eigenvalue weighted by atomic mass is 10.00. The van der Waals surface area contributed by atoms with E-state index in [4.69, 9.17) is 15.6 Å². The van der Waals surface area contributed by atoms with E-state index in [1.807, 2.05) is 24.3 Å². The Hall–Kier alpha value is -1.06. The molecule has 0 aromatic heterocycles. The van der Waals surface area contributed by atoms with Gasteiger partial charge in [0.05, 0.1) is 7.11 Å². The number of hydrogen-bond acceptors (Lipinski definition) is 3. The summed E-state index contributed by atoms with van der Waals surface area (Å²) < 4.78 is 5.25. The number of ether oxygens (including phenoxy) is 1. The van der Waals surface area contributed by atoms with Gasteiger partial charge in [-0.3, -0.25) is 0 Å². The number of nitrogens with two attached hydrogens (primary N) is 1. The second-order valence-electron chi connectivity index (χ2n) is 3.63. The molecule has 0 aliphatic heterocycles. The first kappa shape index (κ1) is 12.0. The van der Waals surface area contributed by atoms with Crippen LogP contribution in [0.5, 0.6) is 5.75 Å². The maximum atomic E-state index is 9.02. The van der Waals surface area contributed by atoms with Crippen LogP contribution in [0.4, 0.5) is 0 Å². The molecule has 0 saturated carbocycles. The molecule has 0 aliphatic rings. The van der Waals surface area contributed by atoms with Crippen molar-refractivity contribution in [3.8, 4) is 5.75 Å². The second kappa shape index (κ2) is 6.43. The zero-order valence-electron chi connectivity index (χ0n) is 9.15. The third kappa shape index (κ3) is 3.53. The van der Waals surface area contributed by atoms with Gasteiger partial charge in [0.25, 0.3) is 0 Å². The summed E-state index contributed by atoms with van der Waals surface area (Å²) in [4.78, 5) is 0. The Morgan fingerprint density at radius 3 is 2.73 bits per heavy atom. The van der Waals surface area contributed by atoms with E-state index < -0.39 is 0 Å². The molecule has 0 heterocycles. The van der Waals surface area contributed by atoms with Gasteiger partial charge in [-0.1, -0.05) is 18.2 Å². The fourth-order valence-corrected chi connectivity index (χ4v) is 1.55. The fraction of sp³-hybridized carbons (Fsp3) is 0.500. The molecular weight excluding hydrogens is 190 g/mol. The average molecular weight is 209 g/mol. The highest BCUT2D eigenvalue weighted by molar-refractivity contribution is 5.33. The molecule has 3 heteroatoms. The highest BCUT2D eigenvalue weighted by Crippen LogP contribution is 2.20. The van der Waals surface area contributed by atoms with Crippen molar-refractivity contribution in [1.29, 1.82) is 0 Å². The molecule has 0 saturated heterocycles. The molecule has 0 radical (unpaired) electrons. The largest absolute Gasteiger partial charge is 0.496 e. The van der Waals surface area contributed by atoms with E-state index in [9.17, 15) is 0 Å².